The summed E-state index contributed by atoms with van der Waals surface area (Å²) in [5.41, 5.74) is 0.190. The maximum absolute atomic E-state index is 13.5. The number of rotatable bonds is 2. The lowest BCUT2D eigenvalue weighted by Crippen LogP contribution is -1.91. The fraction of sp³-hybridized carbons (Fsp3) is 0.111. The van der Waals surface area contributed by atoms with Gasteiger partial charge in [-0.1, -0.05) is 11.2 Å². The Labute approximate surface area is 98.6 Å². The van der Waals surface area contributed by atoms with Gasteiger partial charge in [0.05, 0.1) is 7.11 Å². The van der Waals surface area contributed by atoms with E-state index in [0.717, 1.165) is 0 Å². The number of methoxy groups -OCH3 is 1. The Morgan fingerprint density at radius 2 is 2.27 bits per heavy atom. The minimum Gasteiger partial charge on any atom is -0.496 e. The topological polar surface area (TPSA) is 48.2 Å². The summed E-state index contributed by atoms with van der Waals surface area (Å²) in [5, 5.41) is 3.59. The highest BCUT2D eigenvalue weighted by atomic mass is 127. The van der Waals surface area contributed by atoms with Crippen molar-refractivity contribution in [3.8, 4) is 17.2 Å². The van der Waals surface area contributed by atoms with Gasteiger partial charge in [0.25, 0.3) is 5.89 Å². The van der Waals surface area contributed by atoms with Gasteiger partial charge < -0.3 is 9.26 Å². The van der Waals surface area contributed by atoms with Crippen LogP contribution in [-0.4, -0.2) is 17.3 Å². The minimum atomic E-state index is -0.450. The summed E-state index contributed by atoms with van der Waals surface area (Å²) < 4.78 is 23.9. The summed E-state index contributed by atoms with van der Waals surface area (Å²) in [6.45, 7) is 0. The predicted molar refractivity (Wildman–Crippen MR) is 59.0 cm³/mol. The van der Waals surface area contributed by atoms with Crippen LogP contribution >= 0.6 is 22.6 Å². The molecule has 78 valence electrons. The number of benzene rings is 1. The molecule has 0 aliphatic carbocycles. The van der Waals surface area contributed by atoms with Crippen molar-refractivity contribution < 1.29 is 13.7 Å². The largest absolute Gasteiger partial charge is 0.496 e. The molecule has 1 aromatic heterocycles. The lowest BCUT2D eigenvalue weighted by molar-refractivity contribution is 0.399. The van der Waals surface area contributed by atoms with Crippen LogP contribution in [0.4, 0.5) is 4.39 Å². The van der Waals surface area contributed by atoms with E-state index in [-0.39, 0.29) is 11.5 Å². The van der Waals surface area contributed by atoms with Crippen LogP contribution in [0.1, 0.15) is 0 Å². The molecule has 6 heteroatoms. The van der Waals surface area contributed by atoms with Gasteiger partial charge in [-0.15, -0.1) is 0 Å². The molecule has 0 saturated heterocycles. The summed E-state index contributed by atoms with van der Waals surface area (Å²) in [6, 6.07) is 4.50. The van der Waals surface area contributed by atoms with Crippen LogP contribution in [-0.2, 0) is 0 Å². The van der Waals surface area contributed by atoms with Crippen molar-refractivity contribution in [2.24, 2.45) is 0 Å². The number of hydrogen-bond acceptors (Lipinski definition) is 4. The Morgan fingerprint density at radius 3 is 2.87 bits per heavy atom. The minimum absolute atomic E-state index is 0.120. The van der Waals surface area contributed by atoms with Gasteiger partial charge in [-0.05, 0) is 12.1 Å². The molecular weight excluding hydrogens is 314 g/mol. The molecule has 2 rings (SSSR count). The van der Waals surface area contributed by atoms with Crippen LogP contribution in [0, 0.1) is 9.65 Å². The Kier molecular flexibility index (Phi) is 2.85. The van der Waals surface area contributed by atoms with Crippen molar-refractivity contribution in [2.45, 2.75) is 0 Å². The van der Waals surface area contributed by atoms with E-state index in [1.165, 1.54) is 13.2 Å². The summed E-state index contributed by atoms with van der Waals surface area (Å²) in [4.78, 5) is 3.94. The van der Waals surface area contributed by atoms with Crippen LogP contribution in [0.2, 0.25) is 0 Å². The third kappa shape index (κ3) is 1.94. The van der Waals surface area contributed by atoms with Gasteiger partial charge in [0.15, 0.2) is 0 Å². The van der Waals surface area contributed by atoms with E-state index in [9.17, 15) is 4.39 Å². The fourth-order valence-corrected chi connectivity index (χ4v) is 1.51. The van der Waals surface area contributed by atoms with E-state index in [0.29, 0.717) is 9.58 Å². The Balaban J connectivity index is 2.60. The number of ether oxygens (including phenoxy) is 1. The first kappa shape index (κ1) is 10.3. The molecule has 4 nitrogen and oxygen atoms in total. The highest BCUT2D eigenvalue weighted by Gasteiger charge is 2.17. The predicted octanol–water partition coefficient (Wildman–Crippen LogP) is 2.49. The lowest BCUT2D eigenvalue weighted by Gasteiger charge is -2.04. The molecule has 0 atom stereocenters. The quantitative estimate of drug-likeness (QED) is 0.798. The van der Waals surface area contributed by atoms with Crippen LogP contribution < -0.4 is 4.74 Å². The van der Waals surface area contributed by atoms with Crippen LogP contribution in [0.3, 0.4) is 0 Å². The number of halogens is 2. The Hall–Kier alpha value is -1.18. The molecule has 0 aliphatic rings. The highest BCUT2D eigenvalue weighted by molar-refractivity contribution is 14.1. The van der Waals surface area contributed by atoms with Crippen molar-refractivity contribution >= 4 is 22.6 Å². The molecule has 0 spiro atoms. The molecule has 0 saturated carbocycles. The summed E-state index contributed by atoms with van der Waals surface area (Å²) >= 11 is 1.88. The van der Waals surface area contributed by atoms with E-state index in [2.05, 4.69) is 10.1 Å². The van der Waals surface area contributed by atoms with E-state index in [1.54, 1.807) is 12.1 Å². The van der Waals surface area contributed by atoms with Gasteiger partial charge in [-0.2, -0.15) is 4.98 Å². The van der Waals surface area contributed by atoms with E-state index in [1.807, 2.05) is 22.6 Å². The first-order valence-corrected chi connectivity index (χ1v) is 5.12. The first-order chi connectivity index (χ1) is 7.22. The van der Waals surface area contributed by atoms with Gasteiger partial charge in [0.1, 0.15) is 17.1 Å². The molecule has 0 aliphatic heterocycles. The smallest absolute Gasteiger partial charge is 0.265 e. The van der Waals surface area contributed by atoms with Crippen molar-refractivity contribution in [3.05, 3.63) is 27.8 Å². The molecule has 0 radical (unpaired) electrons. The lowest BCUT2D eigenvalue weighted by atomic mass is 10.2. The van der Waals surface area contributed by atoms with Crippen molar-refractivity contribution in [3.63, 3.8) is 0 Å². The fourth-order valence-electron chi connectivity index (χ4n) is 1.19. The molecular formula is C9H6FIN2O2. The standard InChI is InChI=1S/C9H6FIN2O2/c1-14-6-4-2-3-5(10)7(6)8-12-9(11)13-15-8/h2-4H,1H3. The molecule has 1 aromatic carbocycles. The zero-order valence-corrected chi connectivity index (χ0v) is 9.86. The number of hydrogen-bond donors (Lipinski definition) is 0. The molecule has 0 unspecified atom stereocenters. The van der Waals surface area contributed by atoms with Crippen LogP contribution in [0.15, 0.2) is 22.7 Å². The Bertz CT molecular complexity index is 487. The molecule has 0 amide bonds. The molecule has 0 N–H and O–H groups in total. The maximum atomic E-state index is 13.5. The highest BCUT2D eigenvalue weighted by Crippen LogP contribution is 2.31. The zero-order valence-electron chi connectivity index (χ0n) is 7.70. The monoisotopic (exact) mass is 320 g/mol. The third-order valence-corrected chi connectivity index (χ3v) is 2.25. The number of nitrogens with zero attached hydrogens (tertiary/aromatic N) is 2. The normalized spacial score (nSPS) is 10.3. The molecule has 0 bridgehead atoms. The second kappa shape index (κ2) is 4.13. The molecule has 0 fully saturated rings. The average molecular weight is 320 g/mol. The average Bonchev–Trinajstić information content (AvgIpc) is 2.64. The van der Waals surface area contributed by atoms with Crippen molar-refractivity contribution in [2.75, 3.05) is 7.11 Å². The van der Waals surface area contributed by atoms with Gasteiger partial charge in [0.2, 0.25) is 3.83 Å². The van der Waals surface area contributed by atoms with E-state index < -0.39 is 5.82 Å². The Morgan fingerprint density at radius 1 is 1.47 bits per heavy atom. The first-order valence-electron chi connectivity index (χ1n) is 4.04. The second-order valence-electron chi connectivity index (χ2n) is 2.69. The molecule has 2 aromatic rings. The van der Waals surface area contributed by atoms with E-state index in [4.69, 9.17) is 9.26 Å². The SMILES string of the molecule is COc1cccc(F)c1-c1nc(I)no1. The van der Waals surface area contributed by atoms with Crippen molar-refractivity contribution in [1.82, 2.24) is 10.1 Å². The van der Waals surface area contributed by atoms with Gasteiger partial charge in [0, 0.05) is 22.6 Å². The summed E-state index contributed by atoms with van der Waals surface area (Å²) in [5.74, 6) is 0.0406. The van der Waals surface area contributed by atoms with Gasteiger partial charge in [-0.3, -0.25) is 0 Å². The number of aromatic nitrogens is 2. The van der Waals surface area contributed by atoms with Gasteiger partial charge >= 0.3 is 0 Å². The summed E-state index contributed by atoms with van der Waals surface area (Å²) in [7, 11) is 1.46. The maximum Gasteiger partial charge on any atom is 0.265 e. The van der Waals surface area contributed by atoms with Crippen LogP contribution in [0.25, 0.3) is 11.5 Å². The zero-order chi connectivity index (χ0) is 10.8. The molecule has 1 heterocycles. The van der Waals surface area contributed by atoms with Crippen molar-refractivity contribution in [1.29, 1.82) is 0 Å². The van der Waals surface area contributed by atoms with Crippen LogP contribution in [0.5, 0.6) is 5.75 Å². The third-order valence-electron chi connectivity index (χ3n) is 1.81. The summed E-state index contributed by atoms with van der Waals surface area (Å²) in [6.07, 6.45) is 0. The van der Waals surface area contributed by atoms with E-state index >= 15 is 0 Å². The molecule has 15 heavy (non-hydrogen) atoms. The second-order valence-corrected chi connectivity index (χ2v) is 3.65. The van der Waals surface area contributed by atoms with Gasteiger partial charge in [-0.25, -0.2) is 4.39 Å².